The second-order valence-corrected chi connectivity index (χ2v) is 5.31. The highest BCUT2D eigenvalue weighted by Gasteiger charge is 2.45. The fourth-order valence-electron chi connectivity index (χ4n) is 2.05. The molecule has 0 aromatic heterocycles. The number of ether oxygens (including phenoxy) is 1. The van der Waals surface area contributed by atoms with E-state index in [9.17, 15) is 4.79 Å². The monoisotopic (exact) mass is 271 g/mol. The highest BCUT2D eigenvalue weighted by atomic mass is 32.1. The van der Waals surface area contributed by atoms with Crippen LogP contribution in [0.5, 0.6) is 0 Å². The average molecular weight is 271 g/mol. The maximum Gasteiger partial charge on any atom is 0.310 e. The molecule has 0 radical (unpaired) electrons. The van der Waals surface area contributed by atoms with Crippen LogP contribution in [0.1, 0.15) is 46.5 Å². The number of nitrogens with zero attached hydrogens (tertiary/aromatic N) is 1. The number of nitrogens with two attached hydrogens (primary N) is 1. The number of hydrogen-bond donors (Lipinski definition) is 2. The summed E-state index contributed by atoms with van der Waals surface area (Å²) >= 11 is 4.68. The van der Waals surface area contributed by atoms with Crippen molar-refractivity contribution < 1.29 is 9.53 Å². The zero-order valence-corrected chi connectivity index (χ0v) is 12.0. The van der Waals surface area contributed by atoms with E-state index in [2.05, 4.69) is 29.7 Å². The van der Waals surface area contributed by atoms with Crippen molar-refractivity contribution in [3.8, 4) is 0 Å². The number of nitrogens with one attached hydrogen (secondary N) is 1. The van der Waals surface area contributed by atoms with E-state index >= 15 is 0 Å². The van der Waals surface area contributed by atoms with Gasteiger partial charge in [-0.1, -0.05) is 19.8 Å². The Morgan fingerprint density at radius 1 is 1.72 bits per heavy atom. The molecular formula is C12H21N3O2S. The summed E-state index contributed by atoms with van der Waals surface area (Å²) in [4.78, 5) is 11.8. The molecule has 2 unspecified atom stereocenters. The van der Waals surface area contributed by atoms with Gasteiger partial charge in [0.25, 0.3) is 0 Å². The summed E-state index contributed by atoms with van der Waals surface area (Å²) in [5, 5.41) is 4.15. The SMILES string of the molecule is CCCCC1CC(C)(/C(C)=N/NC(N)=S)OC1=O. The lowest BCUT2D eigenvalue weighted by molar-refractivity contribution is -0.146. The normalized spacial score (nSPS) is 28.1. The van der Waals surface area contributed by atoms with Gasteiger partial charge in [-0.3, -0.25) is 10.2 Å². The number of carbonyl (C=O) groups is 1. The molecule has 6 heteroatoms. The molecule has 1 rings (SSSR count). The third-order valence-electron chi connectivity index (χ3n) is 3.30. The second kappa shape index (κ2) is 6.13. The Bertz CT molecular complexity index is 370. The molecule has 102 valence electrons. The van der Waals surface area contributed by atoms with Gasteiger partial charge >= 0.3 is 5.97 Å². The minimum atomic E-state index is -0.646. The van der Waals surface area contributed by atoms with Crippen LogP contribution in [0.3, 0.4) is 0 Å². The molecule has 3 N–H and O–H groups in total. The van der Waals surface area contributed by atoms with E-state index in [-0.39, 0.29) is 17.0 Å². The lowest BCUT2D eigenvalue weighted by atomic mass is 9.89. The Kier molecular flexibility index (Phi) is 5.07. The summed E-state index contributed by atoms with van der Waals surface area (Å²) in [6, 6.07) is 0. The fraction of sp³-hybridized carbons (Fsp3) is 0.750. The van der Waals surface area contributed by atoms with Crippen LogP contribution in [0.15, 0.2) is 5.10 Å². The van der Waals surface area contributed by atoms with Crippen molar-refractivity contribution in [2.24, 2.45) is 16.8 Å². The van der Waals surface area contributed by atoms with Crippen LogP contribution in [-0.4, -0.2) is 22.4 Å². The number of cyclic esters (lactones) is 1. The largest absolute Gasteiger partial charge is 0.453 e. The van der Waals surface area contributed by atoms with Gasteiger partial charge in [-0.05, 0) is 32.5 Å². The maximum atomic E-state index is 11.8. The molecule has 0 aromatic carbocycles. The molecule has 0 spiro atoms. The number of rotatable bonds is 5. The average Bonchev–Trinajstić information content (AvgIpc) is 2.59. The Morgan fingerprint density at radius 3 is 2.94 bits per heavy atom. The number of carbonyl (C=O) groups excluding carboxylic acids is 1. The molecule has 1 fully saturated rings. The smallest absolute Gasteiger partial charge is 0.310 e. The van der Waals surface area contributed by atoms with Crippen molar-refractivity contribution in [2.45, 2.75) is 52.1 Å². The molecule has 0 amide bonds. The lowest BCUT2D eigenvalue weighted by Gasteiger charge is -2.22. The van der Waals surface area contributed by atoms with Crippen LogP contribution in [-0.2, 0) is 9.53 Å². The summed E-state index contributed by atoms with van der Waals surface area (Å²) in [7, 11) is 0. The standard InChI is InChI=1S/C12H21N3O2S/c1-4-5-6-9-7-12(3,17-10(9)16)8(2)14-15-11(13)18/h9H,4-7H2,1-3H3,(H3,13,15,18)/b14-8+. The van der Waals surface area contributed by atoms with E-state index in [1.807, 2.05) is 6.92 Å². The number of unbranched alkanes of at least 4 members (excludes halogenated alkanes) is 1. The minimum absolute atomic E-state index is 0.0232. The van der Waals surface area contributed by atoms with Gasteiger partial charge in [-0.15, -0.1) is 0 Å². The highest BCUT2D eigenvalue weighted by molar-refractivity contribution is 7.80. The Labute approximate surface area is 113 Å². The number of hydrogen-bond acceptors (Lipinski definition) is 4. The third kappa shape index (κ3) is 3.66. The molecule has 5 nitrogen and oxygen atoms in total. The topological polar surface area (TPSA) is 76.7 Å². The summed E-state index contributed by atoms with van der Waals surface area (Å²) < 4.78 is 5.46. The molecular weight excluding hydrogens is 250 g/mol. The van der Waals surface area contributed by atoms with E-state index in [1.54, 1.807) is 6.92 Å². The zero-order valence-electron chi connectivity index (χ0n) is 11.2. The van der Waals surface area contributed by atoms with Crippen LogP contribution in [0.2, 0.25) is 0 Å². The van der Waals surface area contributed by atoms with E-state index in [1.165, 1.54) is 0 Å². The van der Waals surface area contributed by atoms with Crippen LogP contribution in [0, 0.1) is 5.92 Å². The third-order valence-corrected chi connectivity index (χ3v) is 3.39. The van der Waals surface area contributed by atoms with E-state index in [0.29, 0.717) is 12.1 Å². The lowest BCUT2D eigenvalue weighted by Crippen LogP contribution is -2.36. The minimum Gasteiger partial charge on any atom is -0.453 e. The first-order valence-corrected chi connectivity index (χ1v) is 6.63. The van der Waals surface area contributed by atoms with E-state index in [0.717, 1.165) is 19.3 Å². The van der Waals surface area contributed by atoms with Gasteiger partial charge < -0.3 is 10.5 Å². The summed E-state index contributed by atoms with van der Waals surface area (Å²) in [5.74, 6) is -0.152. The van der Waals surface area contributed by atoms with Gasteiger partial charge in [-0.2, -0.15) is 5.10 Å². The first-order valence-electron chi connectivity index (χ1n) is 6.22. The van der Waals surface area contributed by atoms with Gasteiger partial charge in [-0.25, -0.2) is 0 Å². The number of thiocarbonyl (C=S) groups is 1. The predicted octanol–water partition coefficient (Wildman–Crippen LogP) is 1.71. The number of esters is 1. The van der Waals surface area contributed by atoms with Crippen molar-refractivity contribution >= 4 is 29.0 Å². The van der Waals surface area contributed by atoms with Crippen LogP contribution >= 0.6 is 12.2 Å². The molecule has 1 heterocycles. The molecule has 1 aliphatic rings. The molecule has 1 aliphatic heterocycles. The van der Waals surface area contributed by atoms with Crippen molar-refractivity contribution in [2.75, 3.05) is 0 Å². The zero-order chi connectivity index (χ0) is 13.8. The molecule has 0 aliphatic carbocycles. The van der Waals surface area contributed by atoms with E-state index < -0.39 is 5.60 Å². The van der Waals surface area contributed by atoms with Gasteiger partial charge in [0.2, 0.25) is 0 Å². The number of hydrazone groups is 1. The molecule has 0 bridgehead atoms. The van der Waals surface area contributed by atoms with Crippen molar-refractivity contribution in [3.05, 3.63) is 0 Å². The van der Waals surface area contributed by atoms with Crippen molar-refractivity contribution in [1.29, 1.82) is 0 Å². The quantitative estimate of drug-likeness (QED) is 0.344. The fourth-order valence-corrected chi connectivity index (χ4v) is 2.10. The van der Waals surface area contributed by atoms with Gasteiger partial charge in [0, 0.05) is 6.42 Å². The molecule has 0 aromatic rings. The van der Waals surface area contributed by atoms with Gasteiger partial charge in [0.15, 0.2) is 5.11 Å². The maximum absolute atomic E-state index is 11.8. The van der Waals surface area contributed by atoms with E-state index in [4.69, 9.17) is 10.5 Å². The van der Waals surface area contributed by atoms with Crippen LogP contribution in [0.25, 0.3) is 0 Å². The first kappa shape index (κ1) is 14.9. The Balaban J connectivity index is 2.68. The summed E-state index contributed by atoms with van der Waals surface area (Å²) in [6.07, 6.45) is 3.66. The van der Waals surface area contributed by atoms with Crippen LogP contribution < -0.4 is 11.2 Å². The molecule has 0 saturated carbocycles. The summed E-state index contributed by atoms with van der Waals surface area (Å²) in [6.45, 7) is 5.79. The first-order chi connectivity index (χ1) is 8.39. The van der Waals surface area contributed by atoms with Gasteiger partial charge in [0.1, 0.15) is 5.60 Å². The van der Waals surface area contributed by atoms with Crippen LogP contribution in [0.4, 0.5) is 0 Å². The molecule has 18 heavy (non-hydrogen) atoms. The summed E-state index contributed by atoms with van der Waals surface area (Å²) in [5.41, 5.74) is 7.87. The molecule has 1 saturated heterocycles. The Hall–Kier alpha value is -1.17. The van der Waals surface area contributed by atoms with Gasteiger partial charge in [0.05, 0.1) is 11.6 Å². The highest BCUT2D eigenvalue weighted by Crippen LogP contribution is 2.34. The Morgan fingerprint density at radius 2 is 2.39 bits per heavy atom. The predicted molar refractivity (Wildman–Crippen MR) is 75.2 cm³/mol. The van der Waals surface area contributed by atoms with Crippen molar-refractivity contribution in [1.82, 2.24) is 5.43 Å². The molecule has 2 atom stereocenters. The second-order valence-electron chi connectivity index (χ2n) is 4.87. The van der Waals surface area contributed by atoms with Crippen molar-refractivity contribution in [3.63, 3.8) is 0 Å².